The number of nitrogens with one attached hydrogen (secondary N) is 1. The van der Waals surface area contributed by atoms with E-state index in [1.165, 1.54) is 18.2 Å². The number of carbonyl (C=O) groups is 2. The first kappa shape index (κ1) is 18.0. The molecule has 1 aliphatic rings. The van der Waals surface area contributed by atoms with Crippen LogP contribution >= 0.6 is 0 Å². The highest BCUT2D eigenvalue weighted by Gasteiger charge is 2.31. The summed E-state index contributed by atoms with van der Waals surface area (Å²) in [5, 5.41) is 9.09. The van der Waals surface area contributed by atoms with Gasteiger partial charge in [-0.3, -0.25) is 19.7 Å². The molecule has 1 fully saturated rings. The molecule has 7 heteroatoms. The van der Waals surface area contributed by atoms with Crippen LogP contribution in [-0.2, 0) is 4.79 Å². The zero-order valence-electron chi connectivity index (χ0n) is 14.1. The van der Waals surface area contributed by atoms with E-state index in [1.54, 1.807) is 16.4 Å². The largest absolute Gasteiger partial charge is 0.336 e. The second-order valence-corrected chi connectivity index (χ2v) is 6.13. The van der Waals surface area contributed by atoms with Crippen molar-refractivity contribution < 1.29 is 19.2 Å². The van der Waals surface area contributed by atoms with Crippen LogP contribution in [0.1, 0.15) is 22.0 Å². The maximum atomic E-state index is 13.3. The highest BCUT2D eigenvalue weighted by Crippen LogP contribution is 2.23. The molecular weight excluding hydrogens is 337 g/mol. The van der Waals surface area contributed by atoms with Gasteiger partial charge in [0.1, 0.15) is 11.9 Å². The van der Waals surface area contributed by atoms with Crippen LogP contribution in [0.5, 0.6) is 0 Å². The Labute approximate surface area is 150 Å². The topological polar surface area (TPSA) is 72.9 Å². The number of halogens is 1. The molecule has 0 bridgehead atoms. The van der Waals surface area contributed by atoms with Gasteiger partial charge in [0.25, 0.3) is 11.8 Å². The molecule has 0 radical (unpaired) electrons. The summed E-state index contributed by atoms with van der Waals surface area (Å²) >= 11 is 0. The molecule has 2 aromatic carbocycles. The Hall–Kier alpha value is -2.77. The molecule has 0 aliphatic carbocycles. The van der Waals surface area contributed by atoms with E-state index in [9.17, 15) is 14.0 Å². The Balaban J connectivity index is 1.70. The molecule has 6 nitrogen and oxygen atoms in total. The Morgan fingerprint density at radius 1 is 1.00 bits per heavy atom. The summed E-state index contributed by atoms with van der Waals surface area (Å²) in [6.45, 7) is 1.76. The van der Waals surface area contributed by atoms with Gasteiger partial charge in [-0.1, -0.05) is 36.4 Å². The van der Waals surface area contributed by atoms with E-state index in [0.717, 1.165) is 5.56 Å². The molecule has 1 unspecified atom stereocenters. The molecule has 136 valence electrons. The molecule has 26 heavy (non-hydrogen) atoms. The lowest BCUT2D eigenvalue weighted by Crippen LogP contribution is -2.52. The van der Waals surface area contributed by atoms with Crippen molar-refractivity contribution in [1.82, 2.24) is 15.3 Å². The van der Waals surface area contributed by atoms with Crippen LogP contribution in [0.4, 0.5) is 4.39 Å². The van der Waals surface area contributed by atoms with Gasteiger partial charge in [0.15, 0.2) is 0 Å². The Bertz CT molecular complexity index is 777. The van der Waals surface area contributed by atoms with Gasteiger partial charge in [0.2, 0.25) is 0 Å². The molecule has 1 aliphatic heterocycles. The smallest absolute Gasteiger partial charge is 0.265 e. The van der Waals surface area contributed by atoms with Gasteiger partial charge < -0.3 is 4.90 Å². The average Bonchev–Trinajstić information content (AvgIpc) is 2.69. The second-order valence-electron chi connectivity index (χ2n) is 6.13. The van der Waals surface area contributed by atoms with Gasteiger partial charge in [-0.05, 0) is 23.8 Å². The number of rotatable bonds is 4. The molecule has 2 N–H and O–H groups in total. The van der Waals surface area contributed by atoms with Gasteiger partial charge in [-0.2, -0.15) is 0 Å². The van der Waals surface area contributed by atoms with Gasteiger partial charge in [-0.25, -0.2) is 9.87 Å². The van der Waals surface area contributed by atoms with E-state index in [4.69, 9.17) is 5.21 Å². The summed E-state index contributed by atoms with van der Waals surface area (Å²) in [5.74, 6) is -1.19. The fraction of sp³-hybridized carbons (Fsp3) is 0.263. The van der Waals surface area contributed by atoms with Gasteiger partial charge in [0, 0.05) is 31.7 Å². The van der Waals surface area contributed by atoms with Crippen molar-refractivity contribution in [2.75, 3.05) is 26.2 Å². The molecular formula is C19H20FN3O3. The van der Waals surface area contributed by atoms with Crippen molar-refractivity contribution in [3.05, 3.63) is 71.5 Å². The third-order valence-electron chi connectivity index (χ3n) is 4.51. The molecule has 2 amide bonds. The average molecular weight is 357 g/mol. The molecule has 1 heterocycles. The first-order valence-electron chi connectivity index (χ1n) is 8.38. The minimum atomic E-state index is -0.632. The SMILES string of the molecule is O=C(NO)C(c1ccccc1)N1CCN(C(=O)c2cccc(F)c2)CC1. The summed E-state index contributed by atoms with van der Waals surface area (Å²) < 4.78 is 13.3. The van der Waals surface area contributed by atoms with Gasteiger partial charge in [0.05, 0.1) is 0 Å². The Kier molecular flexibility index (Phi) is 5.60. The summed E-state index contributed by atoms with van der Waals surface area (Å²) in [6, 6.07) is 14.1. The highest BCUT2D eigenvalue weighted by molar-refractivity contribution is 5.94. The monoisotopic (exact) mass is 357 g/mol. The maximum absolute atomic E-state index is 13.3. The molecule has 1 atom stereocenters. The number of hydrogen-bond donors (Lipinski definition) is 2. The fourth-order valence-corrected chi connectivity index (χ4v) is 3.21. The number of carbonyl (C=O) groups excluding carboxylic acids is 2. The lowest BCUT2D eigenvalue weighted by atomic mass is 10.0. The van der Waals surface area contributed by atoms with Crippen LogP contribution in [-0.4, -0.2) is 53.0 Å². The molecule has 0 spiro atoms. The minimum Gasteiger partial charge on any atom is -0.336 e. The van der Waals surface area contributed by atoms with Crippen LogP contribution in [0.15, 0.2) is 54.6 Å². The Morgan fingerprint density at radius 3 is 2.31 bits per heavy atom. The normalized spacial score (nSPS) is 16.2. The van der Waals surface area contributed by atoms with E-state index < -0.39 is 17.8 Å². The summed E-state index contributed by atoms with van der Waals surface area (Å²) in [5.41, 5.74) is 2.80. The van der Waals surface area contributed by atoms with E-state index >= 15 is 0 Å². The molecule has 0 saturated carbocycles. The van der Waals surface area contributed by atoms with E-state index in [2.05, 4.69) is 0 Å². The second kappa shape index (κ2) is 8.07. The lowest BCUT2D eigenvalue weighted by Gasteiger charge is -2.38. The minimum absolute atomic E-state index is 0.230. The molecule has 3 rings (SSSR count). The quantitative estimate of drug-likeness (QED) is 0.647. The van der Waals surface area contributed by atoms with E-state index in [-0.39, 0.29) is 5.91 Å². The number of benzene rings is 2. The number of piperazine rings is 1. The van der Waals surface area contributed by atoms with Crippen molar-refractivity contribution in [3.63, 3.8) is 0 Å². The zero-order chi connectivity index (χ0) is 18.5. The number of hydroxylamine groups is 1. The molecule has 2 aromatic rings. The summed E-state index contributed by atoms with van der Waals surface area (Å²) in [6.07, 6.45) is 0. The van der Waals surface area contributed by atoms with Gasteiger partial charge >= 0.3 is 0 Å². The fourth-order valence-electron chi connectivity index (χ4n) is 3.21. The third kappa shape index (κ3) is 3.89. The first-order valence-corrected chi connectivity index (χ1v) is 8.38. The van der Waals surface area contributed by atoms with Crippen molar-refractivity contribution in [3.8, 4) is 0 Å². The number of nitrogens with zero attached hydrogens (tertiary/aromatic N) is 2. The highest BCUT2D eigenvalue weighted by atomic mass is 19.1. The van der Waals surface area contributed by atoms with E-state index in [0.29, 0.717) is 31.7 Å². The van der Waals surface area contributed by atoms with Crippen LogP contribution in [0.25, 0.3) is 0 Å². The molecule has 0 aromatic heterocycles. The van der Waals surface area contributed by atoms with Gasteiger partial charge in [-0.15, -0.1) is 0 Å². The Morgan fingerprint density at radius 2 is 1.69 bits per heavy atom. The third-order valence-corrected chi connectivity index (χ3v) is 4.51. The van der Waals surface area contributed by atoms with Crippen LogP contribution in [0, 0.1) is 5.82 Å². The number of amides is 2. The maximum Gasteiger partial charge on any atom is 0.265 e. The van der Waals surface area contributed by atoms with Crippen LogP contribution in [0.2, 0.25) is 0 Å². The summed E-state index contributed by atoms with van der Waals surface area (Å²) in [4.78, 5) is 28.2. The zero-order valence-corrected chi connectivity index (χ0v) is 14.1. The lowest BCUT2D eigenvalue weighted by molar-refractivity contribution is -0.135. The number of hydrogen-bond acceptors (Lipinski definition) is 4. The van der Waals surface area contributed by atoms with Crippen molar-refractivity contribution in [2.45, 2.75) is 6.04 Å². The van der Waals surface area contributed by atoms with Crippen molar-refractivity contribution >= 4 is 11.8 Å². The van der Waals surface area contributed by atoms with Crippen molar-refractivity contribution in [2.24, 2.45) is 0 Å². The molecule has 1 saturated heterocycles. The predicted octanol–water partition coefficient (Wildman–Crippen LogP) is 1.83. The predicted molar refractivity (Wildman–Crippen MR) is 93.0 cm³/mol. The first-order chi connectivity index (χ1) is 12.6. The van der Waals surface area contributed by atoms with Crippen molar-refractivity contribution in [1.29, 1.82) is 0 Å². The van der Waals surface area contributed by atoms with E-state index in [1.807, 2.05) is 35.2 Å². The standard InChI is InChI=1S/C19H20FN3O3/c20-16-8-4-7-15(13-16)19(25)23-11-9-22(10-12-23)17(18(24)21-26)14-5-2-1-3-6-14/h1-8,13,17,26H,9-12H2,(H,21,24). The van der Waals surface area contributed by atoms with Crippen LogP contribution < -0.4 is 5.48 Å². The summed E-state index contributed by atoms with van der Waals surface area (Å²) in [7, 11) is 0. The van der Waals surface area contributed by atoms with Crippen LogP contribution in [0.3, 0.4) is 0 Å².